The molecule has 1 N–H and O–H groups in total. The number of nitrogens with zero attached hydrogens (tertiary/aromatic N) is 2. The van der Waals surface area contributed by atoms with Crippen molar-refractivity contribution in [3.05, 3.63) is 99.1 Å². The number of aromatic nitrogens is 3. The van der Waals surface area contributed by atoms with E-state index in [0.29, 0.717) is 22.2 Å². The van der Waals surface area contributed by atoms with Crippen LogP contribution in [0.3, 0.4) is 0 Å². The van der Waals surface area contributed by atoms with E-state index in [-0.39, 0.29) is 17.8 Å². The summed E-state index contributed by atoms with van der Waals surface area (Å²) in [5, 5.41) is 1.19. The Morgan fingerprint density at radius 1 is 1.03 bits per heavy atom. The number of halogens is 1. The van der Waals surface area contributed by atoms with Crippen molar-refractivity contribution in [2.75, 3.05) is 7.11 Å². The molecule has 0 radical (unpaired) electrons. The number of imidazole rings is 1. The Balaban J connectivity index is 1.85. The molecular weight excluding hydrogens is 470 g/mol. The van der Waals surface area contributed by atoms with Crippen LogP contribution < -0.4 is 5.56 Å². The first-order chi connectivity index (χ1) is 15.6. The fraction of sp³-hybridized carbons (Fsp3) is 0.0800. The quantitative estimate of drug-likeness (QED) is 0.356. The minimum atomic E-state index is -0.584. The molecule has 2 aromatic heterocycles. The summed E-state index contributed by atoms with van der Waals surface area (Å²) in [4.78, 5) is 34.5. The van der Waals surface area contributed by atoms with Crippen LogP contribution in [0.1, 0.15) is 16.3 Å². The highest BCUT2D eigenvalue weighted by atomic mass is 79.9. The molecule has 0 aliphatic rings. The van der Waals surface area contributed by atoms with Crippen molar-refractivity contribution >= 4 is 43.7 Å². The molecule has 158 valence electrons. The average Bonchev–Trinajstić information content (AvgIpc) is 3.23. The number of nitrogens with one attached hydrogen (secondary N) is 1. The Morgan fingerprint density at radius 3 is 2.53 bits per heavy atom. The maximum atomic E-state index is 13.6. The summed E-state index contributed by atoms with van der Waals surface area (Å²) >= 11 is 3.49. The molecule has 0 unspecified atom stereocenters. The summed E-state index contributed by atoms with van der Waals surface area (Å²) in [7, 11) is 1.32. The molecule has 0 aliphatic heterocycles. The fourth-order valence-corrected chi connectivity index (χ4v) is 4.37. The summed E-state index contributed by atoms with van der Waals surface area (Å²) in [6.45, 7) is 0.101. The maximum absolute atomic E-state index is 13.6. The van der Waals surface area contributed by atoms with E-state index in [1.807, 2.05) is 66.7 Å². The Labute approximate surface area is 191 Å². The van der Waals surface area contributed by atoms with Crippen LogP contribution in [0.4, 0.5) is 0 Å². The molecular formula is C25H18BrN3O3. The molecule has 0 aliphatic carbocycles. The predicted octanol–water partition coefficient (Wildman–Crippen LogP) is 5.14. The van der Waals surface area contributed by atoms with E-state index in [9.17, 15) is 9.59 Å². The molecule has 6 nitrogen and oxygen atoms in total. The van der Waals surface area contributed by atoms with Gasteiger partial charge in [-0.25, -0.2) is 9.78 Å². The van der Waals surface area contributed by atoms with Gasteiger partial charge in [0.2, 0.25) is 0 Å². The molecule has 0 fully saturated rings. The van der Waals surface area contributed by atoms with Gasteiger partial charge in [0.05, 0.1) is 24.7 Å². The molecule has 32 heavy (non-hydrogen) atoms. The number of rotatable bonds is 4. The van der Waals surface area contributed by atoms with E-state index < -0.39 is 5.97 Å². The van der Waals surface area contributed by atoms with Crippen LogP contribution in [0.15, 0.2) is 82.1 Å². The maximum Gasteiger partial charge on any atom is 0.355 e. The van der Waals surface area contributed by atoms with Gasteiger partial charge in [0, 0.05) is 15.4 Å². The van der Waals surface area contributed by atoms with Gasteiger partial charge >= 0.3 is 5.97 Å². The lowest BCUT2D eigenvalue weighted by Crippen LogP contribution is -2.29. The van der Waals surface area contributed by atoms with Crippen LogP contribution in [-0.4, -0.2) is 27.6 Å². The topological polar surface area (TPSA) is 77.0 Å². The van der Waals surface area contributed by atoms with Gasteiger partial charge in [-0.05, 0) is 41.3 Å². The van der Waals surface area contributed by atoms with Crippen molar-refractivity contribution in [1.29, 1.82) is 0 Å². The second-order valence-corrected chi connectivity index (χ2v) is 8.28. The average molecular weight is 488 g/mol. The number of methoxy groups -OCH3 is 1. The number of carbonyl (C=O) groups excluding carboxylic acids is 1. The third-order valence-electron chi connectivity index (χ3n) is 5.42. The van der Waals surface area contributed by atoms with Crippen molar-refractivity contribution in [2.45, 2.75) is 6.54 Å². The molecule has 5 aromatic rings. The molecule has 0 bridgehead atoms. The number of H-pyrrole nitrogens is 1. The van der Waals surface area contributed by atoms with Gasteiger partial charge in [0.1, 0.15) is 11.5 Å². The van der Waals surface area contributed by atoms with Gasteiger partial charge < -0.3 is 9.72 Å². The van der Waals surface area contributed by atoms with Gasteiger partial charge in [0.25, 0.3) is 5.56 Å². The van der Waals surface area contributed by atoms with Crippen molar-refractivity contribution in [3.63, 3.8) is 0 Å². The Hall–Kier alpha value is -3.71. The monoisotopic (exact) mass is 487 g/mol. The van der Waals surface area contributed by atoms with Crippen LogP contribution in [0.25, 0.3) is 32.9 Å². The molecule has 7 heteroatoms. The second kappa shape index (κ2) is 8.09. The van der Waals surface area contributed by atoms with Gasteiger partial charge in [-0.3, -0.25) is 9.36 Å². The Bertz CT molecular complexity index is 1500. The Morgan fingerprint density at radius 2 is 1.78 bits per heavy atom. The van der Waals surface area contributed by atoms with Gasteiger partial charge in [0.15, 0.2) is 0 Å². The normalized spacial score (nSPS) is 11.2. The summed E-state index contributed by atoms with van der Waals surface area (Å²) in [5.74, 6) is -0.00661. The molecule has 2 heterocycles. The number of hydrogen-bond donors (Lipinski definition) is 1. The van der Waals surface area contributed by atoms with Crippen molar-refractivity contribution in [2.24, 2.45) is 0 Å². The fourth-order valence-electron chi connectivity index (χ4n) is 4.01. The largest absolute Gasteiger partial charge is 0.464 e. The Kier molecular flexibility index (Phi) is 5.11. The van der Waals surface area contributed by atoms with E-state index in [2.05, 4.69) is 25.9 Å². The minimum Gasteiger partial charge on any atom is -0.464 e. The third kappa shape index (κ3) is 3.40. The molecule has 5 rings (SSSR count). The van der Waals surface area contributed by atoms with E-state index in [1.54, 1.807) is 6.07 Å². The summed E-state index contributed by atoms with van der Waals surface area (Å²) < 4.78 is 7.39. The zero-order valence-electron chi connectivity index (χ0n) is 17.1. The van der Waals surface area contributed by atoms with Crippen LogP contribution in [0.2, 0.25) is 0 Å². The number of fused-ring (bicyclic) bond motifs is 2. The zero-order valence-corrected chi connectivity index (χ0v) is 18.7. The number of ether oxygens (including phenoxy) is 1. The third-order valence-corrected chi connectivity index (χ3v) is 5.91. The molecule has 0 atom stereocenters. The van der Waals surface area contributed by atoms with E-state index in [4.69, 9.17) is 4.74 Å². The number of hydrogen-bond acceptors (Lipinski definition) is 4. The highest BCUT2D eigenvalue weighted by molar-refractivity contribution is 9.10. The first-order valence-corrected chi connectivity index (χ1v) is 10.8. The summed E-state index contributed by atoms with van der Waals surface area (Å²) in [6, 6.07) is 22.6. The number of pyridine rings is 1. The highest BCUT2D eigenvalue weighted by Gasteiger charge is 2.25. The number of carbonyl (C=O) groups is 1. The molecule has 0 spiro atoms. The first-order valence-electron chi connectivity index (χ1n) is 10.00. The second-order valence-electron chi connectivity index (χ2n) is 7.36. The van der Waals surface area contributed by atoms with Crippen molar-refractivity contribution in [1.82, 2.24) is 14.5 Å². The summed E-state index contributed by atoms with van der Waals surface area (Å²) in [6.07, 6.45) is 0. The number of para-hydroxylation sites is 2. The number of aromatic amines is 1. The highest BCUT2D eigenvalue weighted by Crippen LogP contribution is 2.33. The van der Waals surface area contributed by atoms with Crippen molar-refractivity contribution < 1.29 is 9.53 Å². The number of benzene rings is 3. The summed E-state index contributed by atoms with van der Waals surface area (Å²) in [5.41, 5.74) is 3.02. The van der Waals surface area contributed by atoms with Gasteiger partial charge in [-0.15, -0.1) is 0 Å². The van der Waals surface area contributed by atoms with Crippen molar-refractivity contribution in [3.8, 4) is 11.1 Å². The van der Waals surface area contributed by atoms with Gasteiger partial charge in [-0.2, -0.15) is 0 Å². The smallest absolute Gasteiger partial charge is 0.355 e. The van der Waals surface area contributed by atoms with Gasteiger partial charge in [-0.1, -0.05) is 58.4 Å². The zero-order chi connectivity index (χ0) is 22.2. The van der Waals surface area contributed by atoms with E-state index in [0.717, 1.165) is 21.1 Å². The molecule has 3 aromatic carbocycles. The first kappa shape index (κ1) is 20.2. The van der Waals surface area contributed by atoms with E-state index >= 15 is 0 Å². The number of esters is 1. The standard InChI is InChI=1S/C25H18BrN3O3/c1-32-25(31)23-22(15-7-3-2-4-8-15)18-13-16(26)11-12-17(18)24(30)29(23)14-21-27-19-9-5-6-10-20(19)28-21/h2-13H,14H2,1H3,(H,27,28). The van der Waals surface area contributed by atoms with E-state index in [1.165, 1.54) is 11.7 Å². The lowest BCUT2D eigenvalue weighted by Gasteiger charge is -2.18. The lowest BCUT2D eigenvalue weighted by molar-refractivity contribution is 0.0588. The minimum absolute atomic E-state index is 0.101. The van der Waals surface area contributed by atoms with Crippen LogP contribution in [0, 0.1) is 0 Å². The van der Waals surface area contributed by atoms with Crippen LogP contribution in [-0.2, 0) is 11.3 Å². The van der Waals surface area contributed by atoms with Crippen LogP contribution in [0.5, 0.6) is 0 Å². The molecule has 0 amide bonds. The molecule has 0 saturated carbocycles. The molecule has 0 saturated heterocycles. The SMILES string of the molecule is COC(=O)c1c(-c2ccccc2)c2cc(Br)ccc2c(=O)n1Cc1nc2ccccc2[nH]1. The van der Waals surface area contributed by atoms with Crippen LogP contribution >= 0.6 is 15.9 Å². The predicted molar refractivity (Wildman–Crippen MR) is 128 cm³/mol. The lowest BCUT2D eigenvalue weighted by atomic mass is 9.96.